The van der Waals surface area contributed by atoms with Crippen molar-refractivity contribution in [1.29, 1.82) is 0 Å². The van der Waals surface area contributed by atoms with Crippen LogP contribution in [0.4, 0.5) is 0 Å². The lowest BCUT2D eigenvalue weighted by molar-refractivity contribution is 0.185. The minimum Gasteiger partial charge on any atom is -0.393 e. The van der Waals surface area contributed by atoms with Gasteiger partial charge in [-0.2, -0.15) is 0 Å². The molecule has 0 spiro atoms. The summed E-state index contributed by atoms with van der Waals surface area (Å²) in [5.74, 6) is 0.811. The van der Waals surface area contributed by atoms with E-state index >= 15 is 0 Å². The molecule has 1 aliphatic rings. The smallest absolute Gasteiger partial charge is 0.0727 e. The zero-order chi connectivity index (χ0) is 13.4. The molecule has 0 aromatic rings. The van der Waals surface area contributed by atoms with Crippen molar-refractivity contribution in [1.82, 2.24) is 4.90 Å². The van der Waals surface area contributed by atoms with Crippen molar-refractivity contribution in [3.8, 4) is 0 Å². The minimum absolute atomic E-state index is 0.671. The van der Waals surface area contributed by atoms with Crippen LogP contribution in [0.3, 0.4) is 0 Å². The second kappa shape index (κ2) is 8.87. The molecule has 0 atom stereocenters. The Morgan fingerprint density at radius 3 is 2.44 bits per heavy atom. The van der Waals surface area contributed by atoms with Gasteiger partial charge in [0.05, 0.1) is 4.99 Å². The van der Waals surface area contributed by atoms with Gasteiger partial charge in [0, 0.05) is 6.04 Å². The van der Waals surface area contributed by atoms with E-state index in [1.54, 1.807) is 0 Å². The summed E-state index contributed by atoms with van der Waals surface area (Å²) in [6.45, 7) is 7.15. The summed E-state index contributed by atoms with van der Waals surface area (Å²) in [5, 5.41) is 0. The standard InChI is InChI=1S/C15H30N2S/c1-13(2)10-12-17(14-7-3-4-8-14)11-6-5-9-15(16)18/h13-14H,3-12H2,1-2H3,(H2,16,18). The van der Waals surface area contributed by atoms with Crippen LogP contribution >= 0.6 is 12.2 Å². The topological polar surface area (TPSA) is 29.3 Å². The molecule has 0 aliphatic heterocycles. The van der Waals surface area contributed by atoms with Gasteiger partial charge in [-0.1, -0.05) is 38.9 Å². The monoisotopic (exact) mass is 270 g/mol. The van der Waals surface area contributed by atoms with Crippen LogP contribution in [0, 0.1) is 5.92 Å². The van der Waals surface area contributed by atoms with Crippen LogP contribution in [0.15, 0.2) is 0 Å². The maximum absolute atomic E-state index is 5.55. The number of hydrogen-bond acceptors (Lipinski definition) is 2. The summed E-state index contributed by atoms with van der Waals surface area (Å²) in [6, 6.07) is 0.855. The molecule has 106 valence electrons. The van der Waals surface area contributed by atoms with E-state index in [2.05, 4.69) is 18.7 Å². The van der Waals surface area contributed by atoms with Crippen LogP contribution in [0.5, 0.6) is 0 Å². The Bertz CT molecular complexity index is 235. The fourth-order valence-corrected chi connectivity index (χ4v) is 2.93. The van der Waals surface area contributed by atoms with E-state index in [9.17, 15) is 0 Å². The zero-order valence-electron chi connectivity index (χ0n) is 12.2. The Kier molecular flexibility index (Phi) is 7.84. The lowest BCUT2D eigenvalue weighted by atomic mass is 10.1. The van der Waals surface area contributed by atoms with Crippen LogP contribution in [-0.2, 0) is 0 Å². The predicted molar refractivity (Wildman–Crippen MR) is 83.9 cm³/mol. The molecule has 0 saturated heterocycles. The summed E-state index contributed by atoms with van der Waals surface area (Å²) < 4.78 is 0. The van der Waals surface area contributed by atoms with Gasteiger partial charge in [0.1, 0.15) is 0 Å². The Hall–Kier alpha value is -0.150. The molecule has 1 fully saturated rings. The number of unbranched alkanes of at least 4 members (excludes halogenated alkanes) is 1. The molecule has 3 heteroatoms. The quantitative estimate of drug-likeness (QED) is 0.511. The molecule has 0 amide bonds. The summed E-state index contributed by atoms with van der Waals surface area (Å²) in [5.41, 5.74) is 5.55. The third kappa shape index (κ3) is 6.69. The lowest BCUT2D eigenvalue weighted by Gasteiger charge is -2.29. The van der Waals surface area contributed by atoms with Gasteiger partial charge in [0.15, 0.2) is 0 Å². The lowest BCUT2D eigenvalue weighted by Crippen LogP contribution is -2.35. The highest BCUT2D eigenvalue weighted by Gasteiger charge is 2.21. The molecule has 2 nitrogen and oxygen atoms in total. The summed E-state index contributed by atoms with van der Waals surface area (Å²) in [6.07, 6.45) is 10.3. The minimum atomic E-state index is 0.671. The molecule has 0 aromatic heterocycles. The molecule has 1 saturated carbocycles. The van der Waals surface area contributed by atoms with Crippen LogP contribution < -0.4 is 5.73 Å². The highest BCUT2D eigenvalue weighted by atomic mass is 32.1. The fraction of sp³-hybridized carbons (Fsp3) is 0.933. The zero-order valence-corrected chi connectivity index (χ0v) is 13.0. The Balaban J connectivity index is 2.27. The normalized spacial score (nSPS) is 16.9. The number of hydrogen-bond donors (Lipinski definition) is 1. The molecular formula is C15H30N2S. The molecule has 18 heavy (non-hydrogen) atoms. The molecule has 2 N–H and O–H groups in total. The number of rotatable bonds is 9. The summed E-state index contributed by atoms with van der Waals surface area (Å²) >= 11 is 4.93. The van der Waals surface area contributed by atoms with E-state index in [1.165, 1.54) is 51.6 Å². The first-order chi connectivity index (χ1) is 8.59. The first kappa shape index (κ1) is 15.9. The van der Waals surface area contributed by atoms with Crippen LogP contribution in [0.1, 0.15) is 65.2 Å². The molecule has 0 aromatic carbocycles. The van der Waals surface area contributed by atoms with Crippen molar-refractivity contribution in [3.05, 3.63) is 0 Å². The van der Waals surface area contributed by atoms with Gasteiger partial charge in [0.25, 0.3) is 0 Å². The molecular weight excluding hydrogens is 240 g/mol. The summed E-state index contributed by atoms with van der Waals surface area (Å²) in [7, 11) is 0. The van der Waals surface area contributed by atoms with E-state index in [-0.39, 0.29) is 0 Å². The second-order valence-corrected chi connectivity index (χ2v) is 6.60. The van der Waals surface area contributed by atoms with Gasteiger partial charge >= 0.3 is 0 Å². The van der Waals surface area contributed by atoms with Gasteiger partial charge < -0.3 is 10.6 Å². The van der Waals surface area contributed by atoms with Crippen LogP contribution in [-0.4, -0.2) is 29.0 Å². The van der Waals surface area contributed by atoms with E-state index in [1.807, 2.05) is 0 Å². The Morgan fingerprint density at radius 2 is 1.89 bits per heavy atom. The SMILES string of the molecule is CC(C)CCN(CCCCC(N)=S)C1CCCC1. The third-order valence-electron chi connectivity index (χ3n) is 3.95. The van der Waals surface area contributed by atoms with E-state index < -0.39 is 0 Å². The van der Waals surface area contributed by atoms with Crippen LogP contribution in [0.25, 0.3) is 0 Å². The van der Waals surface area contributed by atoms with Gasteiger partial charge in [0.2, 0.25) is 0 Å². The Labute approximate surface area is 118 Å². The Morgan fingerprint density at radius 1 is 1.22 bits per heavy atom. The molecule has 0 radical (unpaired) electrons. The predicted octanol–water partition coefficient (Wildman–Crippen LogP) is 3.73. The van der Waals surface area contributed by atoms with Crippen molar-refractivity contribution >= 4 is 17.2 Å². The van der Waals surface area contributed by atoms with Crippen molar-refractivity contribution in [2.75, 3.05) is 13.1 Å². The average Bonchev–Trinajstić information content (AvgIpc) is 2.80. The van der Waals surface area contributed by atoms with Gasteiger partial charge in [-0.15, -0.1) is 0 Å². The van der Waals surface area contributed by atoms with Gasteiger partial charge in [-0.05, 0) is 57.5 Å². The number of nitrogens with two attached hydrogens (primary N) is 1. The largest absolute Gasteiger partial charge is 0.393 e. The van der Waals surface area contributed by atoms with Crippen LogP contribution in [0.2, 0.25) is 0 Å². The highest BCUT2D eigenvalue weighted by Crippen LogP contribution is 2.24. The van der Waals surface area contributed by atoms with Gasteiger partial charge in [-0.3, -0.25) is 0 Å². The average molecular weight is 270 g/mol. The van der Waals surface area contributed by atoms with Crippen molar-refractivity contribution in [3.63, 3.8) is 0 Å². The first-order valence-electron chi connectivity index (χ1n) is 7.62. The third-order valence-corrected chi connectivity index (χ3v) is 4.16. The molecule has 0 unspecified atom stereocenters. The van der Waals surface area contributed by atoms with Crippen molar-refractivity contribution < 1.29 is 0 Å². The first-order valence-corrected chi connectivity index (χ1v) is 8.02. The van der Waals surface area contributed by atoms with Crippen molar-refractivity contribution in [2.45, 2.75) is 71.3 Å². The summed E-state index contributed by atoms with van der Waals surface area (Å²) in [4.78, 5) is 3.40. The molecule has 1 aliphatic carbocycles. The number of thiocarbonyl (C=S) groups is 1. The number of nitrogens with zero attached hydrogens (tertiary/aromatic N) is 1. The van der Waals surface area contributed by atoms with E-state index in [4.69, 9.17) is 18.0 Å². The highest BCUT2D eigenvalue weighted by molar-refractivity contribution is 7.80. The molecule has 0 heterocycles. The van der Waals surface area contributed by atoms with E-state index in [0.717, 1.165) is 24.8 Å². The second-order valence-electron chi connectivity index (χ2n) is 6.08. The maximum Gasteiger partial charge on any atom is 0.0727 e. The maximum atomic E-state index is 5.55. The molecule has 1 rings (SSSR count). The molecule has 0 bridgehead atoms. The van der Waals surface area contributed by atoms with Crippen molar-refractivity contribution in [2.24, 2.45) is 11.7 Å². The van der Waals surface area contributed by atoms with E-state index in [0.29, 0.717) is 4.99 Å². The fourth-order valence-electron chi connectivity index (χ4n) is 2.78. The van der Waals surface area contributed by atoms with Gasteiger partial charge in [-0.25, -0.2) is 0 Å².